The Morgan fingerprint density at radius 3 is 2.44 bits per heavy atom. The average molecular weight is 507 g/mol. The average Bonchev–Trinajstić information content (AvgIpc) is 3.54. The van der Waals surface area contributed by atoms with Gasteiger partial charge in [-0.3, -0.25) is 9.36 Å². The second-order valence-corrected chi connectivity index (χ2v) is 8.25. The van der Waals surface area contributed by atoms with Crippen LogP contribution in [-0.4, -0.2) is 34.9 Å². The summed E-state index contributed by atoms with van der Waals surface area (Å²) in [6, 6.07) is 6.97. The summed E-state index contributed by atoms with van der Waals surface area (Å²) in [5.41, 5.74) is 5.57. The third-order valence-electron chi connectivity index (χ3n) is 5.53. The van der Waals surface area contributed by atoms with E-state index in [0.29, 0.717) is 10.9 Å². The molecule has 36 heavy (non-hydrogen) atoms. The third-order valence-corrected chi connectivity index (χ3v) is 5.53. The highest BCUT2D eigenvalue weighted by atomic mass is 19.4. The van der Waals surface area contributed by atoms with E-state index in [-0.39, 0.29) is 18.0 Å². The van der Waals surface area contributed by atoms with Gasteiger partial charge in [0.25, 0.3) is 0 Å². The molecule has 0 unspecified atom stereocenters. The van der Waals surface area contributed by atoms with Crippen LogP contribution in [-0.2, 0) is 4.79 Å². The van der Waals surface area contributed by atoms with Crippen LogP contribution in [0.5, 0.6) is 5.75 Å². The van der Waals surface area contributed by atoms with E-state index in [4.69, 9.17) is 5.73 Å². The lowest BCUT2D eigenvalue weighted by molar-refractivity contribution is -0.275. The first-order valence-corrected chi connectivity index (χ1v) is 10.8. The molecule has 190 valence electrons. The molecule has 0 spiro atoms. The van der Waals surface area contributed by atoms with Crippen molar-refractivity contribution in [2.24, 2.45) is 11.7 Å². The van der Waals surface area contributed by atoms with Crippen molar-refractivity contribution in [1.82, 2.24) is 9.88 Å². The first-order valence-electron chi connectivity index (χ1n) is 10.8. The number of benzene rings is 2. The van der Waals surface area contributed by atoms with Crippen molar-refractivity contribution < 1.29 is 36.7 Å². The summed E-state index contributed by atoms with van der Waals surface area (Å²) in [5.74, 6) is -3.17. The van der Waals surface area contributed by atoms with Crippen molar-refractivity contribution in [3.8, 4) is 5.75 Å². The second-order valence-electron chi connectivity index (χ2n) is 8.25. The first-order chi connectivity index (χ1) is 17.0. The number of amides is 4. The Labute approximate surface area is 201 Å². The maximum atomic E-state index is 14.5. The molecule has 1 atom stereocenters. The van der Waals surface area contributed by atoms with Crippen LogP contribution in [0.25, 0.3) is 10.9 Å². The zero-order chi connectivity index (χ0) is 26.0. The molecule has 0 bridgehead atoms. The van der Waals surface area contributed by atoms with Gasteiger partial charge in [0.05, 0.1) is 16.9 Å². The lowest BCUT2D eigenvalue weighted by Gasteiger charge is -2.19. The number of nitrogens with two attached hydrogens (primary N) is 1. The van der Waals surface area contributed by atoms with Gasteiger partial charge < -0.3 is 26.4 Å². The standard InChI is InChI=1S/C23H21F4N5O4/c24-19-14(5-3-7-18(19)36-23(25,26)27)29-20(33)15(10-12-8-9-12)30-22(35)31-16-11-32(21(28)34)17-6-2-1-4-13(16)17/h1-7,11-12,15H,8-10H2,(H2,28,34)(H,29,33)(H2,30,31,35)/t15-/m0/s1. The van der Waals surface area contributed by atoms with Gasteiger partial charge in [0.1, 0.15) is 6.04 Å². The smallest absolute Gasteiger partial charge is 0.403 e. The molecule has 5 N–H and O–H groups in total. The molecule has 1 aromatic heterocycles. The molecule has 3 aromatic rings. The lowest BCUT2D eigenvalue weighted by atomic mass is 10.1. The number of hydrogen-bond acceptors (Lipinski definition) is 4. The fourth-order valence-electron chi connectivity index (χ4n) is 3.73. The summed E-state index contributed by atoms with van der Waals surface area (Å²) in [5, 5.41) is 7.83. The number of fused-ring (bicyclic) bond motifs is 1. The number of urea groups is 1. The molecule has 0 aliphatic heterocycles. The molecule has 1 aliphatic rings. The van der Waals surface area contributed by atoms with E-state index in [1.54, 1.807) is 24.3 Å². The number of halogens is 4. The molecule has 1 heterocycles. The van der Waals surface area contributed by atoms with Crippen LogP contribution in [0, 0.1) is 11.7 Å². The zero-order valence-corrected chi connectivity index (χ0v) is 18.6. The van der Waals surface area contributed by atoms with Crippen LogP contribution >= 0.6 is 0 Å². The number of primary amides is 1. The van der Waals surface area contributed by atoms with Gasteiger partial charge in [-0.2, -0.15) is 0 Å². The molecule has 4 amide bonds. The summed E-state index contributed by atoms with van der Waals surface area (Å²) < 4.78 is 56.8. The van der Waals surface area contributed by atoms with Gasteiger partial charge >= 0.3 is 18.4 Å². The number of anilines is 2. The van der Waals surface area contributed by atoms with Crippen molar-refractivity contribution in [2.45, 2.75) is 31.7 Å². The van der Waals surface area contributed by atoms with Crippen LogP contribution in [0.15, 0.2) is 48.7 Å². The van der Waals surface area contributed by atoms with Crippen molar-refractivity contribution in [2.75, 3.05) is 10.6 Å². The van der Waals surface area contributed by atoms with Crippen molar-refractivity contribution in [3.63, 3.8) is 0 Å². The molecule has 0 radical (unpaired) electrons. The Morgan fingerprint density at radius 1 is 1.06 bits per heavy atom. The molecule has 4 rings (SSSR count). The molecule has 0 saturated heterocycles. The molecule has 1 fully saturated rings. The van der Waals surface area contributed by atoms with E-state index in [0.717, 1.165) is 35.6 Å². The fourth-order valence-corrected chi connectivity index (χ4v) is 3.73. The van der Waals surface area contributed by atoms with Gasteiger partial charge in [-0.1, -0.05) is 37.1 Å². The van der Waals surface area contributed by atoms with Gasteiger partial charge in [0.2, 0.25) is 5.91 Å². The van der Waals surface area contributed by atoms with Crippen molar-refractivity contribution >= 4 is 40.2 Å². The molecule has 9 nitrogen and oxygen atoms in total. The van der Waals surface area contributed by atoms with Gasteiger partial charge in [0, 0.05) is 11.6 Å². The fraction of sp³-hybridized carbons (Fsp3) is 0.261. The summed E-state index contributed by atoms with van der Waals surface area (Å²) in [6.45, 7) is 0. The van der Waals surface area contributed by atoms with E-state index in [2.05, 4.69) is 20.7 Å². The van der Waals surface area contributed by atoms with E-state index in [9.17, 15) is 31.9 Å². The van der Waals surface area contributed by atoms with Crippen molar-refractivity contribution in [3.05, 3.63) is 54.5 Å². The molecule has 1 aliphatic carbocycles. The summed E-state index contributed by atoms with van der Waals surface area (Å²) in [4.78, 5) is 37.3. The Kier molecular flexibility index (Phi) is 6.73. The summed E-state index contributed by atoms with van der Waals surface area (Å²) in [6.07, 6.45) is -1.87. The van der Waals surface area contributed by atoms with Crippen LogP contribution in [0.2, 0.25) is 0 Å². The van der Waals surface area contributed by atoms with Gasteiger partial charge in [-0.25, -0.2) is 14.0 Å². The van der Waals surface area contributed by atoms with Crippen LogP contribution in [0.1, 0.15) is 19.3 Å². The normalized spacial score (nSPS) is 14.2. The number of carbonyl (C=O) groups is 3. The number of carbonyl (C=O) groups excluding carboxylic acids is 3. The number of alkyl halides is 3. The minimum absolute atomic E-state index is 0.155. The number of ether oxygens (including phenoxy) is 1. The van der Waals surface area contributed by atoms with Gasteiger partial charge in [-0.05, 0) is 30.5 Å². The lowest BCUT2D eigenvalue weighted by Crippen LogP contribution is -2.46. The number of hydrogen-bond donors (Lipinski definition) is 4. The Balaban J connectivity index is 1.49. The van der Waals surface area contributed by atoms with Gasteiger partial charge in [0.15, 0.2) is 11.6 Å². The molecule has 13 heteroatoms. The van der Waals surface area contributed by atoms with Crippen LogP contribution in [0.3, 0.4) is 0 Å². The predicted octanol–water partition coefficient (Wildman–Crippen LogP) is 4.53. The zero-order valence-electron chi connectivity index (χ0n) is 18.6. The highest BCUT2D eigenvalue weighted by molar-refractivity contribution is 6.06. The number of para-hydroxylation sites is 1. The number of nitrogens with one attached hydrogen (secondary N) is 3. The SMILES string of the molecule is NC(=O)n1cc(NC(=O)N[C@@H](CC2CC2)C(=O)Nc2cccc(OC(F)(F)F)c2F)c2ccccc21. The molecule has 1 saturated carbocycles. The molecular weight excluding hydrogens is 486 g/mol. The van der Waals surface area contributed by atoms with Crippen LogP contribution < -0.4 is 26.4 Å². The highest BCUT2D eigenvalue weighted by Gasteiger charge is 2.34. The Hall–Kier alpha value is -4.29. The molecule has 2 aromatic carbocycles. The summed E-state index contributed by atoms with van der Waals surface area (Å²) in [7, 11) is 0. The number of rotatable bonds is 7. The van der Waals surface area contributed by atoms with Crippen LogP contribution in [0.4, 0.5) is 38.5 Å². The van der Waals surface area contributed by atoms with E-state index in [1.165, 1.54) is 6.20 Å². The number of nitrogens with zero attached hydrogens (tertiary/aromatic N) is 1. The van der Waals surface area contributed by atoms with E-state index in [1.807, 2.05) is 0 Å². The quantitative estimate of drug-likeness (QED) is 0.350. The Morgan fingerprint density at radius 2 is 1.78 bits per heavy atom. The molecular formula is C23H21F4N5O4. The van der Waals surface area contributed by atoms with Crippen molar-refractivity contribution in [1.29, 1.82) is 0 Å². The third kappa shape index (κ3) is 5.85. The maximum Gasteiger partial charge on any atom is 0.573 e. The monoisotopic (exact) mass is 507 g/mol. The predicted molar refractivity (Wildman–Crippen MR) is 122 cm³/mol. The van der Waals surface area contributed by atoms with E-state index < -0.39 is 47.6 Å². The first kappa shape index (κ1) is 24.8. The minimum atomic E-state index is -5.12. The maximum absolute atomic E-state index is 14.5. The largest absolute Gasteiger partial charge is 0.573 e. The number of aromatic nitrogens is 1. The second kappa shape index (κ2) is 9.76. The van der Waals surface area contributed by atoms with E-state index >= 15 is 0 Å². The Bertz CT molecular complexity index is 1320. The van der Waals surface area contributed by atoms with Gasteiger partial charge in [-0.15, -0.1) is 13.2 Å². The topological polar surface area (TPSA) is 127 Å². The minimum Gasteiger partial charge on any atom is -0.403 e. The summed E-state index contributed by atoms with van der Waals surface area (Å²) >= 11 is 0. The highest BCUT2D eigenvalue weighted by Crippen LogP contribution is 2.34.